The van der Waals surface area contributed by atoms with Crippen LogP contribution in [0.5, 0.6) is 11.5 Å². The van der Waals surface area contributed by atoms with E-state index in [-0.39, 0.29) is 0 Å². The molecular formula is C40H23N3O. The van der Waals surface area contributed by atoms with Gasteiger partial charge in [-0.05, 0) is 63.0 Å². The Balaban J connectivity index is 1.37. The number of imidazole rings is 1. The Labute approximate surface area is 253 Å². The van der Waals surface area contributed by atoms with Crippen LogP contribution >= 0.6 is 0 Å². The van der Waals surface area contributed by atoms with Crippen molar-refractivity contribution in [3.05, 3.63) is 145 Å². The summed E-state index contributed by atoms with van der Waals surface area (Å²) in [6, 6.07) is 50.1. The van der Waals surface area contributed by atoms with Gasteiger partial charge >= 0.3 is 0 Å². The summed E-state index contributed by atoms with van der Waals surface area (Å²) in [7, 11) is 0. The highest BCUT2D eigenvalue weighted by Crippen LogP contribution is 2.51. The van der Waals surface area contributed by atoms with Gasteiger partial charge in [-0.1, -0.05) is 109 Å². The van der Waals surface area contributed by atoms with E-state index in [1.807, 2.05) is 60.7 Å². The zero-order valence-electron chi connectivity index (χ0n) is 23.5. The Hall–Kier alpha value is -6.18. The number of nitriles is 1. The predicted octanol–water partition coefficient (Wildman–Crippen LogP) is 10.3. The molecule has 9 rings (SSSR count). The van der Waals surface area contributed by atoms with Gasteiger partial charge in [-0.2, -0.15) is 5.26 Å². The summed E-state index contributed by atoms with van der Waals surface area (Å²) in [6.45, 7) is 0. The van der Waals surface area contributed by atoms with E-state index in [4.69, 9.17) is 9.72 Å². The molecule has 0 saturated carbocycles. The number of hydrogen-bond donors (Lipinski definition) is 0. The van der Waals surface area contributed by atoms with E-state index in [0.717, 1.165) is 83.4 Å². The first-order valence-corrected chi connectivity index (χ1v) is 14.6. The van der Waals surface area contributed by atoms with Gasteiger partial charge in [-0.15, -0.1) is 0 Å². The highest BCUT2D eigenvalue weighted by Gasteiger charge is 2.28. The zero-order chi connectivity index (χ0) is 29.2. The number of aromatic nitrogens is 2. The van der Waals surface area contributed by atoms with Crippen molar-refractivity contribution < 1.29 is 4.74 Å². The van der Waals surface area contributed by atoms with Crippen LogP contribution in [0.4, 0.5) is 0 Å². The number of ether oxygens (including phenoxy) is 1. The molecule has 0 spiro atoms. The van der Waals surface area contributed by atoms with Crippen LogP contribution in [0.1, 0.15) is 5.56 Å². The monoisotopic (exact) mass is 561 g/mol. The van der Waals surface area contributed by atoms with E-state index >= 15 is 0 Å². The second kappa shape index (κ2) is 9.42. The molecule has 204 valence electrons. The molecule has 2 heterocycles. The molecule has 0 bridgehead atoms. The average Bonchev–Trinajstić information content (AvgIpc) is 3.49. The van der Waals surface area contributed by atoms with Crippen LogP contribution in [0.3, 0.4) is 0 Å². The highest BCUT2D eigenvalue weighted by atomic mass is 16.5. The van der Waals surface area contributed by atoms with Gasteiger partial charge in [0.15, 0.2) is 11.5 Å². The Morgan fingerprint density at radius 2 is 1.20 bits per heavy atom. The lowest BCUT2D eigenvalue weighted by Gasteiger charge is -2.25. The predicted molar refractivity (Wildman–Crippen MR) is 177 cm³/mol. The van der Waals surface area contributed by atoms with E-state index in [1.165, 1.54) is 0 Å². The molecule has 0 radical (unpaired) electrons. The summed E-state index contributed by atoms with van der Waals surface area (Å²) >= 11 is 0. The Morgan fingerprint density at radius 1 is 0.568 bits per heavy atom. The van der Waals surface area contributed by atoms with Crippen LogP contribution in [-0.2, 0) is 0 Å². The van der Waals surface area contributed by atoms with Crippen molar-refractivity contribution in [2.45, 2.75) is 0 Å². The highest BCUT2D eigenvalue weighted by molar-refractivity contribution is 6.22. The number of para-hydroxylation sites is 2. The third-order valence-corrected chi connectivity index (χ3v) is 8.62. The number of benzene rings is 7. The molecule has 0 aliphatic carbocycles. The van der Waals surface area contributed by atoms with Crippen LogP contribution in [0.2, 0.25) is 0 Å². The van der Waals surface area contributed by atoms with Crippen LogP contribution in [0, 0.1) is 11.3 Å². The molecule has 0 fully saturated rings. The largest absolute Gasteiger partial charge is 0.452 e. The molecular weight excluding hydrogens is 538 g/mol. The quantitative estimate of drug-likeness (QED) is 0.202. The first-order valence-electron chi connectivity index (χ1n) is 14.6. The SMILES string of the molecule is N#Cc1ccc(-c2c3ccccc3c(-c3cccc4c3Oc3cccc5nc(-c6ccccc6)n-4c35)c3ccccc23)cc1. The van der Waals surface area contributed by atoms with E-state index in [9.17, 15) is 5.26 Å². The molecule has 44 heavy (non-hydrogen) atoms. The molecule has 0 saturated heterocycles. The molecule has 7 aromatic carbocycles. The fourth-order valence-electron chi connectivity index (χ4n) is 6.75. The minimum absolute atomic E-state index is 0.649. The molecule has 0 unspecified atom stereocenters. The molecule has 1 aromatic heterocycles. The number of rotatable bonds is 3. The van der Waals surface area contributed by atoms with E-state index in [2.05, 4.69) is 89.5 Å². The van der Waals surface area contributed by atoms with Gasteiger partial charge in [-0.25, -0.2) is 4.98 Å². The lowest BCUT2D eigenvalue weighted by molar-refractivity contribution is 0.478. The lowest BCUT2D eigenvalue weighted by Crippen LogP contribution is -2.07. The molecule has 4 nitrogen and oxygen atoms in total. The fourth-order valence-corrected chi connectivity index (χ4v) is 6.75. The van der Waals surface area contributed by atoms with Crippen LogP contribution in [-0.4, -0.2) is 9.55 Å². The van der Waals surface area contributed by atoms with Gasteiger partial charge < -0.3 is 4.74 Å². The third-order valence-electron chi connectivity index (χ3n) is 8.62. The van der Waals surface area contributed by atoms with Crippen LogP contribution in [0.25, 0.3) is 71.9 Å². The number of nitrogens with zero attached hydrogens (tertiary/aromatic N) is 3. The summed E-state index contributed by atoms with van der Waals surface area (Å²) in [5.74, 6) is 2.49. The summed E-state index contributed by atoms with van der Waals surface area (Å²) in [5, 5.41) is 14.0. The second-order valence-electron chi connectivity index (χ2n) is 11.0. The summed E-state index contributed by atoms with van der Waals surface area (Å²) in [4.78, 5) is 5.08. The van der Waals surface area contributed by atoms with Crippen molar-refractivity contribution >= 4 is 32.6 Å². The second-order valence-corrected chi connectivity index (χ2v) is 11.0. The Bertz CT molecular complexity index is 2410. The minimum Gasteiger partial charge on any atom is -0.452 e. The number of fused-ring (bicyclic) bond motifs is 4. The standard InChI is InChI=1S/C40H23N3O/c41-24-25-20-22-26(23-21-25)36-28-12-4-6-14-30(28)37(31-15-7-5-13-29(31)36)32-16-8-18-34-39(32)44-35-19-9-17-33-38(35)43(34)40(42-33)27-10-2-1-3-11-27/h1-23H. The summed E-state index contributed by atoms with van der Waals surface area (Å²) in [6.07, 6.45) is 0. The molecule has 4 heteroatoms. The maximum atomic E-state index is 9.41. The van der Waals surface area contributed by atoms with Crippen molar-refractivity contribution in [3.63, 3.8) is 0 Å². The van der Waals surface area contributed by atoms with Gasteiger partial charge in [0.2, 0.25) is 0 Å². The van der Waals surface area contributed by atoms with Gasteiger partial charge in [-0.3, -0.25) is 4.57 Å². The van der Waals surface area contributed by atoms with Gasteiger partial charge in [0, 0.05) is 16.7 Å². The molecule has 1 aliphatic rings. The van der Waals surface area contributed by atoms with E-state index in [0.29, 0.717) is 5.56 Å². The molecule has 0 amide bonds. The Morgan fingerprint density at radius 3 is 1.89 bits per heavy atom. The van der Waals surface area contributed by atoms with Crippen LogP contribution in [0.15, 0.2) is 140 Å². The fraction of sp³-hybridized carbons (Fsp3) is 0. The van der Waals surface area contributed by atoms with Gasteiger partial charge in [0.25, 0.3) is 0 Å². The molecule has 0 atom stereocenters. The molecule has 8 aromatic rings. The van der Waals surface area contributed by atoms with E-state index in [1.54, 1.807) is 0 Å². The maximum Gasteiger partial charge on any atom is 0.159 e. The first-order chi connectivity index (χ1) is 21.8. The summed E-state index contributed by atoms with van der Waals surface area (Å²) in [5.41, 5.74) is 8.93. The normalized spacial score (nSPS) is 11.8. The average molecular weight is 562 g/mol. The van der Waals surface area contributed by atoms with Gasteiger partial charge in [0.1, 0.15) is 11.3 Å². The minimum atomic E-state index is 0.649. The summed E-state index contributed by atoms with van der Waals surface area (Å²) < 4.78 is 9.08. The van der Waals surface area contributed by atoms with Crippen molar-refractivity contribution in [2.75, 3.05) is 0 Å². The van der Waals surface area contributed by atoms with E-state index < -0.39 is 0 Å². The maximum absolute atomic E-state index is 9.41. The van der Waals surface area contributed by atoms with Crippen molar-refractivity contribution in [2.24, 2.45) is 0 Å². The van der Waals surface area contributed by atoms with Crippen molar-refractivity contribution in [3.8, 4) is 56.9 Å². The first kappa shape index (κ1) is 24.4. The van der Waals surface area contributed by atoms with Crippen molar-refractivity contribution in [1.82, 2.24) is 9.55 Å². The topological polar surface area (TPSA) is 50.8 Å². The van der Waals surface area contributed by atoms with Crippen molar-refractivity contribution in [1.29, 1.82) is 5.26 Å². The smallest absolute Gasteiger partial charge is 0.159 e. The lowest BCUT2D eigenvalue weighted by atomic mass is 9.85. The third kappa shape index (κ3) is 3.47. The molecule has 1 aliphatic heterocycles. The zero-order valence-corrected chi connectivity index (χ0v) is 23.5. The Kier molecular flexibility index (Phi) is 5.23. The van der Waals surface area contributed by atoms with Crippen LogP contribution < -0.4 is 4.74 Å². The number of hydrogen-bond acceptors (Lipinski definition) is 3. The molecule has 0 N–H and O–H groups in total. The van der Waals surface area contributed by atoms with Gasteiger partial charge in [0.05, 0.1) is 22.8 Å².